The van der Waals surface area contributed by atoms with Gasteiger partial charge in [-0.2, -0.15) is 0 Å². The van der Waals surface area contributed by atoms with Crippen molar-refractivity contribution in [3.8, 4) is 0 Å². The summed E-state index contributed by atoms with van der Waals surface area (Å²) < 4.78 is 0. The van der Waals surface area contributed by atoms with Crippen LogP contribution in [0.5, 0.6) is 0 Å². The molecular weight excluding hydrogens is 374 g/mol. The average Bonchev–Trinajstić information content (AvgIpc) is 3.22. The molecule has 1 aliphatic rings. The van der Waals surface area contributed by atoms with Crippen molar-refractivity contribution in [3.05, 3.63) is 53.5 Å². The number of aryl methyl sites for hydroxylation is 1. The Morgan fingerprint density at radius 2 is 1.86 bits per heavy atom. The van der Waals surface area contributed by atoms with Gasteiger partial charge in [-0.05, 0) is 48.7 Å². The van der Waals surface area contributed by atoms with Crippen molar-refractivity contribution in [1.82, 2.24) is 20.1 Å². The van der Waals surface area contributed by atoms with Crippen LogP contribution >= 0.6 is 11.3 Å². The van der Waals surface area contributed by atoms with Crippen LogP contribution in [0.25, 0.3) is 0 Å². The second-order valence-electron chi connectivity index (χ2n) is 6.45. The number of hydrogen-bond acceptors (Lipinski definition) is 7. The number of thiophene rings is 1. The summed E-state index contributed by atoms with van der Waals surface area (Å²) in [6.45, 7) is 4.68. The predicted octanol–water partition coefficient (Wildman–Crippen LogP) is 3.34. The second-order valence-corrected chi connectivity index (χ2v) is 7.40. The minimum absolute atomic E-state index is 0.0570. The molecule has 28 heavy (non-hydrogen) atoms. The standard InChI is InChI=1S/C19H21N7OS/c1-14-4-2-5-15(20-14)21-16-7-8-17(24-23-16)25-9-11-26(12-10-25)19(27)22-18-6-3-13-28-18/h2-8,13H,9-12H2,1H3,(H,22,27)(H,20,21,23). The van der Waals surface area contributed by atoms with Crippen molar-refractivity contribution in [2.75, 3.05) is 41.7 Å². The Kier molecular flexibility index (Phi) is 5.34. The summed E-state index contributed by atoms with van der Waals surface area (Å²) in [6, 6.07) is 13.4. The minimum Gasteiger partial charge on any atom is -0.352 e. The molecule has 0 aliphatic carbocycles. The number of amides is 2. The highest BCUT2D eigenvalue weighted by atomic mass is 32.1. The lowest BCUT2D eigenvalue weighted by molar-refractivity contribution is 0.208. The molecule has 9 heteroatoms. The molecule has 1 aliphatic heterocycles. The van der Waals surface area contributed by atoms with Gasteiger partial charge in [0.05, 0.1) is 5.00 Å². The third kappa shape index (κ3) is 4.37. The monoisotopic (exact) mass is 395 g/mol. The highest BCUT2D eigenvalue weighted by Crippen LogP contribution is 2.19. The third-order valence-corrected chi connectivity index (χ3v) is 5.22. The summed E-state index contributed by atoms with van der Waals surface area (Å²) in [5.41, 5.74) is 0.940. The van der Waals surface area contributed by atoms with Crippen LogP contribution in [0.2, 0.25) is 0 Å². The number of piperazine rings is 1. The molecule has 0 spiro atoms. The van der Waals surface area contributed by atoms with Gasteiger partial charge in [0.25, 0.3) is 0 Å². The number of carbonyl (C=O) groups is 1. The van der Waals surface area contributed by atoms with Crippen LogP contribution in [0.1, 0.15) is 5.69 Å². The maximum Gasteiger partial charge on any atom is 0.322 e. The van der Waals surface area contributed by atoms with Gasteiger partial charge in [-0.15, -0.1) is 21.5 Å². The van der Waals surface area contributed by atoms with E-state index in [0.717, 1.165) is 35.4 Å². The Morgan fingerprint density at radius 3 is 2.54 bits per heavy atom. The van der Waals surface area contributed by atoms with Crippen molar-refractivity contribution in [2.45, 2.75) is 6.92 Å². The second kappa shape index (κ2) is 8.22. The maximum atomic E-state index is 12.3. The number of rotatable bonds is 4. The van der Waals surface area contributed by atoms with Crippen LogP contribution in [-0.4, -0.2) is 52.3 Å². The Morgan fingerprint density at radius 1 is 1.00 bits per heavy atom. The molecule has 0 bridgehead atoms. The van der Waals surface area contributed by atoms with E-state index in [2.05, 4.69) is 30.7 Å². The van der Waals surface area contributed by atoms with Gasteiger partial charge < -0.3 is 15.1 Å². The quantitative estimate of drug-likeness (QED) is 0.705. The number of urea groups is 1. The van der Waals surface area contributed by atoms with Crippen LogP contribution in [-0.2, 0) is 0 Å². The number of nitrogens with zero attached hydrogens (tertiary/aromatic N) is 5. The van der Waals surface area contributed by atoms with Crippen LogP contribution in [0, 0.1) is 6.92 Å². The van der Waals surface area contributed by atoms with Crippen LogP contribution in [0.15, 0.2) is 47.8 Å². The summed E-state index contributed by atoms with van der Waals surface area (Å²) in [5, 5.41) is 17.5. The van der Waals surface area contributed by atoms with Gasteiger partial charge >= 0.3 is 6.03 Å². The van der Waals surface area contributed by atoms with Crippen LogP contribution in [0.4, 0.5) is 27.2 Å². The number of nitrogens with one attached hydrogen (secondary N) is 2. The SMILES string of the molecule is Cc1cccc(Nc2ccc(N3CCN(C(=O)Nc4cccs4)CC3)nn2)n1. The van der Waals surface area contributed by atoms with E-state index in [4.69, 9.17) is 0 Å². The van der Waals surface area contributed by atoms with Crippen molar-refractivity contribution < 1.29 is 4.79 Å². The number of pyridine rings is 1. The highest BCUT2D eigenvalue weighted by molar-refractivity contribution is 7.14. The largest absolute Gasteiger partial charge is 0.352 e. The molecule has 3 aromatic heterocycles. The molecule has 0 unspecified atom stereocenters. The lowest BCUT2D eigenvalue weighted by Gasteiger charge is -2.35. The number of aromatic nitrogens is 3. The van der Waals surface area contributed by atoms with Gasteiger partial charge in [-0.1, -0.05) is 6.07 Å². The fourth-order valence-corrected chi connectivity index (χ4v) is 3.58. The molecular formula is C19H21N7OS. The first-order chi connectivity index (χ1) is 13.7. The molecule has 2 amide bonds. The van der Waals surface area contributed by atoms with E-state index < -0.39 is 0 Å². The van der Waals surface area contributed by atoms with Gasteiger partial charge in [-0.25, -0.2) is 9.78 Å². The van der Waals surface area contributed by atoms with E-state index in [9.17, 15) is 4.79 Å². The van der Waals surface area contributed by atoms with E-state index >= 15 is 0 Å². The van der Waals surface area contributed by atoms with E-state index in [1.54, 1.807) is 0 Å². The van der Waals surface area contributed by atoms with Crippen molar-refractivity contribution >= 4 is 39.8 Å². The van der Waals surface area contributed by atoms with Crippen molar-refractivity contribution in [3.63, 3.8) is 0 Å². The van der Waals surface area contributed by atoms with Gasteiger partial charge in [0.15, 0.2) is 11.6 Å². The molecule has 2 N–H and O–H groups in total. The zero-order valence-electron chi connectivity index (χ0n) is 15.5. The van der Waals surface area contributed by atoms with Crippen LogP contribution < -0.4 is 15.5 Å². The van der Waals surface area contributed by atoms with Crippen molar-refractivity contribution in [1.29, 1.82) is 0 Å². The lowest BCUT2D eigenvalue weighted by Crippen LogP contribution is -2.50. The van der Waals surface area contributed by atoms with E-state index in [0.29, 0.717) is 18.9 Å². The van der Waals surface area contributed by atoms with Crippen LogP contribution in [0.3, 0.4) is 0 Å². The molecule has 0 radical (unpaired) electrons. The first-order valence-corrected chi connectivity index (χ1v) is 9.94. The van der Waals surface area contributed by atoms with E-state index in [1.165, 1.54) is 11.3 Å². The summed E-state index contributed by atoms with van der Waals surface area (Å²) in [5.74, 6) is 2.20. The molecule has 4 rings (SSSR count). The first-order valence-electron chi connectivity index (χ1n) is 9.06. The molecule has 8 nitrogen and oxygen atoms in total. The normalized spacial score (nSPS) is 14.0. The van der Waals surface area contributed by atoms with Gasteiger partial charge in [0.2, 0.25) is 0 Å². The zero-order valence-corrected chi connectivity index (χ0v) is 16.3. The molecule has 0 aromatic carbocycles. The minimum atomic E-state index is -0.0570. The van der Waals surface area contributed by atoms with Gasteiger partial charge in [-0.3, -0.25) is 5.32 Å². The number of carbonyl (C=O) groups excluding carboxylic acids is 1. The summed E-state index contributed by atoms with van der Waals surface area (Å²) >= 11 is 1.52. The summed E-state index contributed by atoms with van der Waals surface area (Å²) in [4.78, 5) is 20.7. The Bertz CT molecular complexity index is 922. The summed E-state index contributed by atoms with van der Waals surface area (Å²) in [7, 11) is 0. The average molecular weight is 395 g/mol. The molecule has 1 saturated heterocycles. The summed E-state index contributed by atoms with van der Waals surface area (Å²) in [6.07, 6.45) is 0. The zero-order chi connectivity index (χ0) is 19.3. The highest BCUT2D eigenvalue weighted by Gasteiger charge is 2.22. The fourth-order valence-electron chi connectivity index (χ4n) is 2.98. The number of anilines is 4. The molecule has 0 saturated carbocycles. The number of hydrogen-bond donors (Lipinski definition) is 2. The molecule has 3 aromatic rings. The lowest BCUT2D eigenvalue weighted by atomic mass is 10.3. The van der Waals surface area contributed by atoms with Gasteiger partial charge in [0.1, 0.15) is 5.82 Å². The van der Waals surface area contributed by atoms with E-state index in [1.807, 2.05) is 59.7 Å². The van der Waals surface area contributed by atoms with E-state index in [-0.39, 0.29) is 6.03 Å². The molecule has 0 atom stereocenters. The Hall–Kier alpha value is -3.20. The first kappa shape index (κ1) is 18.2. The molecule has 144 valence electrons. The molecule has 4 heterocycles. The fraction of sp³-hybridized carbons (Fsp3) is 0.263. The van der Waals surface area contributed by atoms with Crippen molar-refractivity contribution in [2.24, 2.45) is 0 Å². The topological polar surface area (TPSA) is 86.3 Å². The smallest absolute Gasteiger partial charge is 0.322 e. The Balaban J connectivity index is 1.31. The third-order valence-electron chi connectivity index (χ3n) is 4.44. The Labute approximate surface area is 167 Å². The van der Waals surface area contributed by atoms with Gasteiger partial charge in [0, 0.05) is 31.9 Å². The predicted molar refractivity (Wildman–Crippen MR) is 111 cm³/mol. The molecule has 1 fully saturated rings. The maximum absolute atomic E-state index is 12.3.